The lowest BCUT2D eigenvalue weighted by Gasteiger charge is -2.27. The zero-order valence-corrected chi connectivity index (χ0v) is 21.9. The lowest BCUT2D eigenvalue weighted by atomic mass is 9.84. The van der Waals surface area contributed by atoms with Gasteiger partial charge < -0.3 is 10.8 Å². The molecule has 3 N–H and O–H groups in total. The zero-order valence-electron chi connectivity index (χ0n) is 20.3. The number of rotatable bonds is 6. The van der Waals surface area contributed by atoms with Gasteiger partial charge in [-0.25, -0.2) is 0 Å². The Balaban J connectivity index is 1.62. The average Bonchev–Trinajstić information content (AvgIpc) is 3.47. The molecule has 200 valence electrons. The van der Waals surface area contributed by atoms with Crippen LogP contribution in [0, 0.1) is 5.92 Å². The fraction of sp³-hybridized carbons (Fsp3) is 0.370. The van der Waals surface area contributed by atoms with E-state index in [-0.39, 0.29) is 46.3 Å². The Labute approximate surface area is 225 Å². The van der Waals surface area contributed by atoms with E-state index in [1.165, 1.54) is 23.1 Å². The summed E-state index contributed by atoms with van der Waals surface area (Å²) in [4.78, 5) is 12.8. The molecule has 1 atom stereocenters. The van der Waals surface area contributed by atoms with Crippen LogP contribution in [0.25, 0.3) is 5.57 Å². The molecule has 2 aromatic carbocycles. The standard InChI is InChI=1S/C27H26ClF3N4O2S/c28-19-8-6-17(21(12-19)27(29,30)31)11-20(16-7-9-23-18(10-16)13-33-34-23)24-25(36)35(26(37)38-24)14-22(32)15-4-2-1-3-5-15/h6-10,12-13,15,22,36H,1-5,11,14,32H2/t22-/m0/s1. The topological polar surface area (TPSA) is 93.0 Å². The second kappa shape index (κ2) is 10.7. The molecule has 0 unspecified atom stereocenters. The van der Waals surface area contributed by atoms with Gasteiger partial charge in [-0.05, 0) is 59.4 Å². The highest BCUT2D eigenvalue weighted by Gasteiger charge is 2.34. The number of benzene rings is 2. The van der Waals surface area contributed by atoms with Crippen molar-refractivity contribution < 1.29 is 18.3 Å². The van der Waals surface area contributed by atoms with Crippen LogP contribution in [0.15, 0.2) is 51.4 Å². The molecule has 2 aliphatic rings. The van der Waals surface area contributed by atoms with Gasteiger partial charge in [0.1, 0.15) is 0 Å². The first-order chi connectivity index (χ1) is 18.1. The quantitative estimate of drug-likeness (QED) is 0.460. The first-order valence-electron chi connectivity index (χ1n) is 12.4. The number of fused-ring (bicyclic) bond motifs is 1. The number of nitrogens with two attached hydrogens (primary N) is 1. The summed E-state index contributed by atoms with van der Waals surface area (Å²) in [5, 5.41) is 20.3. The van der Waals surface area contributed by atoms with E-state index in [2.05, 4.69) is 10.2 Å². The molecule has 3 aromatic rings. The second-order valence-corrected chi connectivity index (χ2v) is 11.2. The lowest BCUT2D eigenvalue weighted by molar-refractivity contribution is -0.138. The minimum Gasteiger partial charge on any atom is -0.493 e. The molecule has 1 aliphatic heterocycles. The molecule has 2 heterocycles. The summed E-state index contributed by atoms with van der Waals surface area (Å²) in [7, 11) is 0. The van der Waals surface area contributed by atoms with Gasteiger partial charge in [0.25, 0.3) is 0 Å². The van der Waals surface area contributed by atoms with Gasteiger partial charge in [0.15, 0.2) is 0 Å². The van der Waals surface area contributed by atoms with Crippen LogP contribution in [-0.4, -0.2) is 21.9 Å². The number of hydrogen-bond donors (Lipinski definition) is 2. The number of thiazole rings is 1. The molecule has 0 radical (unpaired) electrons. The number of hydrogen-bond acceptors (Lipinski definition) is 6. The summed E-state index contributed by atoms with van der Waals surface area (Å²) in [6.07, 6.45) is 2.01. The number of halogens is 4. The Morgan fingerprint density at radius 2 is 1.95 bits per heavy atom. The molecule has 0 saturated heterocycles. The van der Waals surface area contributed by atoms with Crippen LogP contribution >= 0.6 is 22.9 Å². The van der Waals surface area contributed by atoms with E-state index in [1.807, 2.05) is 0 Å². The van der Waals surface area contributed by atoms with Gasteiger partial charge >= 0.3 is 11.0 Å². The van der Waals surface area contributed by atoms with E-state index >= 15 is 0 Å². The average molecular weight is 563 g/mol. The molecule has 1 fully saturated rings. The molecule has 1 aromatic heterocycles. The van der Waals surface area contributed by atoms with Crippen molar-refractivity contribution in [2.45, 2.75) is 57.3 Å². The lowest BCUT2D eigenvalue weighted by Crippen LogP contribution is -2.37. The van der Waals surface area contributed by atoms with Gasteiger partial charge in [-0.3, -0.25) is 9.36 Å². The summed E-state index contributed by atoms with van der Waals surface area (Å²) in [6, 6.07) is 8.46. The van der Waals surface area contributed by atoms with Crippen molar-refractivity contribution in [3.05, 3.63) is 83.2 Å². The minimum absolute atomic E-state index is 0.0264. The predicted octanol–water partition coefficient (Wildman–Crippen LogP) is 4.60. The van der Waals surface area contributed by atoms with Gasteiger partial charge in [-0.1, -0.05) is 54.3 Å². The number of aromatic nitrogens is 1. The van der Waals surface area contributed by atoms with Crippen molar-refractivity contribution in [3.8, 4) is 5.88 Å². The zero-order chi connectivity index (χ0) is 27.0. The maximum atomic E-state index is 13.9. The van der Waals surface area contributed by atoms with Crippen LogP contribution in [0.4, 0.5) is 13.2 Å². The van der Waals surface area contributed by atoms with Crippen LogP contribution in [0.1, 0.15) is 53.7 Å². The van der Waals surface area contributed by atoms with Crippen molar-refractivity contribution in [1.29, 1.82) is 0 Å². The molecule has 11 heteroatoms. The molecule has 6 nitrogen and oxygen atoms in total. The fourth-order valence-corrected chi connectivity index (χ4v) is 6.37. The molecule has 1 aliphatic carbocycles. The highest BCUT2D eigenvalue weighted by Crippen LogP contribution is 2.37. The van der Waals surface area contributed by atoms with Gasteiger partial charge in [0.2, 0.25) is 5.88 Å². The predicted molar refractivity (Wildman–Crippen MR) is 142 cm³/mol. The largest absolute Gasteiger partial charge is 0.493 e. The van der Waals surface area contributed by atoms with E-state index < -0.39 is 16.6 Å². The van der Waals surface area contributed by atoms with Gasteiger partial charge in [-0.2, -0.15) is 23.4 Å². The van der Waals surface area contributed by atoms with Crippen LogP contribution in [0.5, 0.6) is 5.88 Å². The minimum atomic E-state index is -4.64. The van der Waals surface area contributed by atoms with Gasteiger partial charge in [0, 0.05) is 29.6 Å². The summed E-state index contributed by atoms with van der Waals surface area (Å²) in [5.74, 6) is -0.0346. The number of alkyl halides is 3. The van der Waals surface area contributed by atoms with E-state index in [4.69, 9.17) is 17.3 Å². The Morgan fingerprint density at radius 1 is 1.18 bits per heavy atom. The van der Waals surface area contributed by atoms with Crippen molar-refractivity contribution in [2.24, 2.45) is 21.9 Å². The van der Waals surface area contributed by atoms with Crippen LogP contribution < -0.4 is 21.2 Å². The van der Waals surface area contributed by atoms with E-state index in [0.29, 0.717) is 21.7 Å². The fourth-order valence-electron chi connectivity index (χ4n) is 5.24. The van der Waals surface area contributed by atoms with Gasteiger partial charge in [0.05, 0.1) is 22.0 Å². The maximum absolute atomic E-state index is 13.9. The third-order valence-electron chi connectivity index (χ3n) is 7.27. The monoisotopic (exact) mass is 562 g/mol. The van der Waals surface area contributed by atoms with Crippen LogP contribution in [-0.2, 0) is 19.1 Å². The molecular formula is C27H26ClF3N4O2S. The Morgan fingerprint density at radius 3 is 2.68 bits per heavy atom. The Kier molecular flexibility index (Phi) is 7.48. The molecule has 5 rings (SSSR count). The summed E-state index contributed by atoms with van der Waals surface area (Å²) in [6.45, 7) is 0.142. The van der Waals surface area contributed by atoms with Crippen molar-refractivity contribution in [1.82, 2.24) is 4.57 Å². The number of aromatic hydroxyl groups is 1. The Hall–Kier alpha value is -2.95. The van der Waals surface area contributed by atoms with E-state index in [1.54, 1.807) is 24.4 Å². The summed E-state index contributed by atoms with van der Waals surface area (Å²) in [5.41, 5.74) is 6.62. The molecule has 0 amide bonds. The number of nitrogens with zero attached hydrogens (tertiary/aromatic N) is 3. The summed E-state index contributed by atoms with van der Waals surface area (Å²) < 4.78 is 43.0. The van der Waals surface area contributed by atoms with Crippen LogP contribution in [0.3, 0.4) is 0 Å². The highest BCUT2D eigenvalue weighted by atomic mass is 35.5. The van der Waals surface area contributed by atoms with Crippen molar-refractivity contribution in [3.63, 3.8) is 0 Å². The molecule has 0 spiro atoms. The normalized spacial score (nSPS) is 17.3. The first kappa shape index (κ1) is 26.6. The SMILES string of the molecule is N[C@@H](Cn1c(O)c(C(Cc2ccc(Cl)cc2C(F)(F)F)=c2ccc3c(c2)C=NN=3)sc1=O)C1CCCCC1. The molecule has 0 bridgehead atoms. The smallest absolute Gasteiger partial charge is 0.416 e. The maximum Gasteiger partial charge on any atom is 0.416 e. The second-order valence-electron chi connectivity index (χ2n) is 9.77. The molecule has 38 heavy (non-hydrogen) atoms. The molecular weight excluding hydrogens is 537 g/mol. The van der Waals surface area contributed by atoms with Gasteiger partial charge in [-0.15, -0.1) is 0 Å². The van der Waals surface area contributed by atoms with Crippen molar-refractivity contribution in [2.75, 3.05) is 0 Å². The highest BCUT2D eigenvalue weighted by molar-refractivity contribution is 7.10. The van der Waals surface area contributed by atoms with Crippen LogP contribution in [0.2, 0.25) is 5.02 Å². The Bertz CT molecular complexity index is 1570. The van der Waals surface area contributed by atoms with E-state index in [9.17, 15) is 23.1 Å². The van der Waals surface area contributed by atoms with Crippen molar-refractivity contribution >= 4 is 34.7 Å². The summed E-state index contributed by atoms with van der Waals surface area (Å²) >= 11 is 6.69. The molecule has 1 saturated carbocycles. The third kappa shape index (κ3) is 5.43. The third-order valence-corrected chi connectivity index (χ3v) is 8.54. The van der Waals surface area contributed by atoms with E-state index in [0.717, 1.165) is 43.1 Å². The first-order valence-corrected chi connectivity index (χ1v) is 13.6.